The van der Waals surface area contributed by atoms with E-state index in [1.54, 1.807) is 11.3 Å². The molecule has 0 spiro atoms. The van der Waals surface area contributed by atoms with Gasteiger partial charge in [0.25, 0.3) is 0 Å². The van der Waals surface area contributed by atoms with Crippen molar-refractivity contribution in [3.8, 4) is 10.4 Å². The summed E-state index contributed by atoms with van der Waals surface area (Å²) in [5.74, 6) is 1.16. The van der Waals surface area contributed by atoms with Gasteiger partial charge in [0.2, 0.25) is 11.8 Å². The Balaban J connectivity index is 1.53. The second-order valence-corrected chi connectivity index (χ2v) is 10.4. The van der Waals surface area contributed by atoms with E-state index in [0.717, 1.165) is 19.3 Å². The van der Waals surface area contributed by atoms with Gasteiger partial charge in [0, 0.05) is 29.9 Å². The molecule has 2 amide bonds. The maximum absolute atomic E-state index is 13.3. The number of thiophene rings is 1. The van der Waals surface area contributed by atoms with E-state index < -0.39 is 5.41 Å². The number of nitrogens with zero attached hydrogens (tertiary/aromatic N) is 1. The summed E-state index contributed by atoms with van der Waals surface area (Å²) in [5.41, 5.74) is 1.94. The molecule has 2 fully saturated rings. The van der Waals surface area contributed by atoms with Crippen LogP contribution in [0.4, 0.5) is 0 Å². The quantitative estimate of drug-likeness (QED) is 0.728. The van der Waals surface area contributed by atoms with Gasteiger partial charge in [-0.25, -0.2) is 0 Å². The Hall–Kier alpha value is -2.14. The van der Waals surface area contributed by atoms with E-state index in [4.69, 9.17) is 0 Å². The highest BCUT2D eigenvalue weighted by Crippen LogP contribution is 2.42. The van der Waals surface area contributed by atoms with Crippen LogP contribution >= 0.6 is 11.3 Å². The molecule has 4 rings (SSSR count). The van der Waals surface area contributed by atoms with Crippen molar-refractivity contribution in [2.45, 2.75) is 52.5 Å². The zero-order chi connectivity index (χ0) is 21.3. The molecule has 0 radical (unpaired) electrons. The van der Waals surface area contributed by atoms with E-state index in [1.165, 1.54) is 16.0 Å². The molecule has 160 valence electrons. The summed E-state index contributed by atoms with van der Waals surface area (Å²) < 4.78 is 0. The maximum atomic E-state index is 13.3. The molecule has 2 atom stereocenters. The molecule has 0 bridgehead atoms. The molecule has 2 aliphatic rings. The van der Waals surface area contributed by atoms with Gasteiger partial charge in [0.15, 0.2) is 0 Å². The first-order valence-electron chi connectivity index (χ1n) is 11.1. The number of carbonyl (C=O) groups is 2. The average Bonchev–Trinajstić information content (AvgIpc) is 3.21. The van der Waals surface area contributed by atoms with E-state index in [0.29, 0.717) is 31.3 Å². The summed E-state index contributed by atoms with van der Waals surface area (Å²) in [6.45, 7) is 7.52. The number of amides is 2. The predicted octanol–water partition coefficient (Wildman–Crippen LogP) is 4.75. The summed E-state index contributed by atoms with van der Waals surface area (Å²) in [6, 6.07) is 12.9. The number of nitrogens with one attached hydrogen (secondary N) is 1. The predicted molar refractivity (Wildman–Crippen MR) is 122 cm³/mol. The van der Waals surface area contributed by atoms with Crippen LogP contribution in [0.5, 0.6) is 0 Å². The minimum absolute atomic E-state index is 0.110. The minimum atomic E-state index is -0.454. The number of hydrogen-bond donors (Lipinski definition) is 1. The highest BCUT2D eigenvalue weighted by atomic mass is 32.1. The Morgan fingerprint density at radius 1 is 1.20 bits per heavy atom. The van der Waals surface area contributed by atoms with Crippen molar-refractivity contribution in [3.05, 3.63) is 47.3 Å². The normalized spacial score (nSPS) is 22.7. The maximum Gasteiger partial charge on any atom is 0.226 e. The van der Waals surface area contributed by atoms with E-state index in [1.807, 2.05) is 18.7 Å². The lowest BCUT2D eigenvalue weighted by Crippen LogP contribution is -2.52. The highest BCUT2D eigenvalue weighted by molar-refractivity contribution is 7.13. The van der Waals surface area contributed by atoms with Crippen LogP contribution in [0.1, 0.15) is 45.6 Å². The van der Waals surface area contributed by atoms with Gasteiger partial charge in [-0.2, -0.15) is 0 Å². The van der Waals surface area contributed by atoms with Crippen molar-refractivity contribution in [2.24, 2.45) is 17.3 Å². The Morgan fingerprint density at radius 3 is 2.53 bits per heavy atom. The third-order valence-electron chi connectivity index (χ3n) is 6.64. The van der Waals surface area contributed by atoms with Crippen molar-refractivity contribution >= 4 is 23.2 Å². The Morgan fingerprint density at radius 2 is 1.93 bits per heavy atom. The van der Waals surface area contributed by atoms with Crippen molar-refractivity contribution in [3.63, 3.8) is 0 Å². The number of hydrogen-bond acceptors (Lipinski definition) is 3. The standard InChI is InChI=1S/C25H32N2O2S/c1-17(2)26-24(29)25(9-11-27(12-10-25)23(28)21-14-18(21)3)16-19-6-4-7-20(15-19)22-8-5-13-30-22/h4-8,13,15,17-18,21H,9-12,14,16H2,1-3H3,(H,26,29)/t18-,21+/m0/s1. The first kappa shape index (κ1) is 21.1. The Labute approximate surface area is 183 Å². The van der Waals surface area contributed by atoms with Gasteiger partial charge in [-0.15, -0.1) is 11.3 Å². The lowest BCUT2D eigenvalue weighted by Gasteiger charge is -2.41. The Bertz CT molecular complexity index is 898. The fourth-order valence-corrected chi connectivity index (χ4v) is 5.35. The number of rotatable bonds is 6. The highest BCUT2D eigenvalue weighted by Gasteiger charge is 2.46. The molecule has 4 nitrogen and oxygen atoms in total. The second kappa shape index (κ2) is 8.54. The zero-order valence-corrected chi connectivity index (χ0v) is 19.0. The number of likely N-dealkylation sites (tertiary alicyclic amines) is 1. The monoisotopic (exact) mass is 424 g/mol. The molecule has 30 heavy (non-hydrogen) atoms. The fraction of sp³-hybridized carbons (Fsp3) is 0.520. The van der Waals surface area contributed by atoms with Gasteiger partial charge in [-0.05, 0) is 68.0 Å². The first-order valence-corrected chi connectivity index (χ1v) is 12.0. The minimum Gasteiger partial charge on any atom is -0.353 e. The van der Waals surface area contributed by atoms with Crippen molar-refractivity contribution < 1.29 is 9.59 Å². The molecule has 0 unspecified atom stereocenters. The fourth-order valence-electron chi connectivity index (χ4n) is 4.62. The molecule has 1 aliphatic heterocycles. The van der Waals surface area contributed by atoms with Crippen LogP contribution in [0.25, 0.3) is 10.4 Å². The van der Waals surface area contributed by atoms with Crippen LogP contribution in [0, 0.1) is 17.3 Å². The second-order valence-electron chi connectivity index (χ2n) is 9.41. The first-order chi connectivity index (χ1) is 14.4. The molecule has 2 aromatic rings. The average molecular weight is 425 g/mol. The van der Waals surface area contributed by atoms with Gasteiger partial charge in [0.05, 0.1) is 5.41 Å². The van der Waals surface area contributed by atoms with Gasteiger partial charge in [-0.1, -0.05) is 37.3 Å². The van der Waals surface area contributed by atoms with Gasteiger partial charge in [-0.3, -0.25) is 9.59 Å². The van der Waals surface area contributed by atoms with Crippen molar-refractivity contribution in [2.75, 3.05) is 13.1 Å². The van der Waals surface area contributed by atoms with Gasteiger partial charge >= 0.3 is 0 Å². The van der Waals surface area contributed by atoms with Crippen molar-refractivity contribution in [1.82, 2.24) is 10.2 Å². The summed E-state index contributed by atoms with van der Waals surface area (Å²) >= 11 is 1.73. The zero-order valence-electron chi connectivity index (χ0n) is 18.2. The molecule has 1 saturated heterocycles. The van der Waals surface area contributed by atoms with Crippen LogP contribution in [0.3, 0.4) is 0 Å². The lowest BCUT2D eigenvalue weighted by atomic mass is 9.72. The van der Waals surface area contributed by atoms with Crippen LogP contribution in [0.2, 0.25) is 0 Å². The summed E-state index contributed by atoms with van der Waals surface area (Å²) in [7, 11) is 0. The van der Waals surface area contributed by atoms with E-state index >= 15 is 0 Å². The van der Waals surface area contributed by atoms with Crippen molar-refractivity contribution in [1.29, 1.82) is 0 Å². The van der Waals surface area contributed by atoms with E-state index in [9.17, 15) is 9.59 Å². The largest absolute Gasteiger partial charge is 0.353 e. The smallest absolute Gasteiger partial charge is 0.226 e. The van der Waals surface area contributed by atoms with Gasteiger partial charge in [0.1, 0.15) is 0 Å². The van der Waals surface area contributed by atoms with E-state index in [-0.39, 0.29) is 17.9 Å². The molecular formula is C25H32N2O2S. The van der Waals surface area contributed by atoms with Crippen LogP contribution in [-0.4, -0.2) is 35.8 Å². The SMILES string of the molecule is CC(C)NC(=O)C1(Cc2cccc(-c3cccs3)c2)CCN(C(=O)[C@@H]2C[C@@H]2C)CC1. The summed E-state index contributed by atoms with van der Waals surface area (Å²) in [6.07, 6.45) is 3.18. The summed E-state index contributed by atoms with van der Waals surface area (Å²) in [5, 5.41) is 5.25. The summed E-state index contributed by atoms with van der Waals surface area (Å²) in [4.78, 5) is 29.2. The van der Waals surface area contributed by atoms with Crippen LogP contribution in [-0.2, 0) is 16.0 Å². The lowest BCUT2D eigenvalue weighted by molar-refractivity contribution is -0.141. The molecule has 2 heterocycles. The number of carbonyl (C=O) groups excluding carboxylic acids is 2. The topological polar surface area (TPSA) is 49.4 Å². The van der Waals surface area contributed by atoms with Gasteiger partial charge < -0.3 is 10.2 Å². The third kappa shape index (κ3) is 4.46. The molecule has 1 aromatic heterocycles. The molecule has 1 aromatic carbocycles. The molecule has 1 aliphatic carbocycles. The number of piperidine rings is 1. The van der Waals surface area contributed by atoms with E-state index in [2.05, 4.69) is 54.0 Å². The molecule has 1 N–H and O–H groups in total. The third-order valence-corrected chi connectivity index (χ3v) is 7.55. The Kier molecular flexibility index (Phi) is 6.01. The van der Waals surface area contributed by atoms with Crippen LogP contribution in [0.15, 0.2) is 41.8 Å². The molecule has 5 heteroatoms. The van der Waals surface area contributed by atoms with Crippen LogP contribution < -0.4 is 5.32 Å². The molecule has 1 saturated carbocycles. The number of benzene rings is 1. The molecular weight excluding hydrogens is 392 g/mol.